The summed E-state index contributed by atoms with van der Waals surface area (Å²) in [5.74, 6) is 0.306. The Kier molecular flexibility index (Phi) is 6.50. The third-order valence-electron chi connectivity index (χ3n) is 6.03. The summed E-state index contributed by atoms with van der Waals surface area (Å²) < 4.78 is 15.6. The van der Waals surface area contributed by atoms with Crippen molar-refractivity contribution in [2.24, 2.45) is 0 Å². The Morgan fingerprint density at radius 3 is 2.54 bits per heavy atom. The molecule has 9 heteroatoms. The minimum atomic E-state index is -0.257. The molecule has 0 spiro atoms. The van der Waals surface area contributed by atoms with E-state index in [2.05, 4.69) is 9.97 Å². The van der Waals surface area contributed by atoms with Crippen LogP contribution >= 0.6 is 11.8 Å². The van der Waals surface area contributed by atoms with Gasteiger partial charge in [-0.1, -0.05) is 36.0 Å². The first-order chi connectivity index (χ1) is 17.0. The average molecular weight is 490 g/mol. The zero-order valence-corrected chi connectivity index (χ0v) is 20.0. The van der Waals surface area contributed by atoms with Crippen molar-refractivity contribution in [1.82, 2.24) is 19.4 Å². The maximum atomic E-state index is 14.1. The minimum absolute atomic E-state index is 0.0469. The Balaban J connectivity index is 1.34. The molecule has 7 nitrogen and oxygen atoms in total. The first-order valence-corrected chi connectivity index (χ1v) is 12.3. The van der Waals surface area contributed by atoms with Crippen molar-refractivity contribution >= 4 is 34.3 Å². The van der Waals surface area contributed by atoms with Gasteiger partial charge in [0.05, 0.1) is 22.3 Å². The number of aryl methyl sites for hydroxylation is 1. The lowest BCUT2D eigenvalue weighted by Gasteiger charge is -2.36. The van der Waals surface area contributed by atoms with Crippen LogP contribution in [0.2, 0.25) is 0 Å². The van der Waals surface area contributed by atoms with Gasteiger partial charge in [0.15, 0.2) is 5.16 Å². The van der Waals surface area contributed by atoms with Crippen LogP contribution in [0.15, 0.2) is 76.8 Å². The molecule has 2 aromatic heterocycles. The molecule has 0 saturated carbocycles. The first-order valence-electron chi connectivity index (χ1n) is 11.4. The summed E-state index contributed by atoms with van der Waals surface area (Å²) >= 11 is 1.23. The molecule has 0 radical (unpaired) electrons. The molecule has 3 heterocycles. The van der Waals surface area contributed by atoms with E-state index in [0.29, 0.717) is 53.7 Å². The number of benzene rings is 2. The maximum Gasteiger partial charge on any atom is 0.267 e. The van der Waals surface area contributed by atoms with Gasteiger partial charge in [-0.05, 0) is 48.9 Å². The molecule has 1 aliphatic rings. The van der Waals surface area contributed by atoms with Crippen molar-refractivity contribution in [2.45, 2.75) is 12.1 Å². The lowest BCUT2D eigenvalue weighted by atomic mass is 10.2. The molecule has 1 aliphatic heterocycles. The number of piperazine rings is 1. The van der Waals surface area contributed by atoms with Crippen LogP contribution in [0.3, 0.4) is 0 Å². The Morgan fingerprint density at radius 2 is 1.77 bits per heavy atom. The topological polar surface area (TPSA) is 71.3 Å². The summed E-state index contributed by atoms with van der Waals surface area (Å²) in [5.41, 5.74) is 1.89. The number of thioether (sulfide) groups is 1. The molecule has 0 aliphatic carbocycles. The number of anilines is 1. The molecule has 4 aromatic rings. The van der Waals surface area contributed by atoms with Crippen LogP contribution in [0, 0.1) is 12.7 Å². The van der Waals surface area contributed by atoms with Crippen molar-refractivity contribution in [3.63, 3.8) is 0 Å². The molecule has 0 bridgehead atoms. The summed E-state index contributed by atoms with van der Waals surface area (Å²) in [4.78, 5) is 39.2. The standard InChI is InChI=1S/C26H24FN5O2S/c1-18-10-11-28-23(16-18)32-25(34)19-6-2-4-8-21(19)29-26(32)35-17-24(33)31-14-12-30(13-15-31)22-9-5-3-7-20(22)27/h2-11,16H,12-15,17H2,1H3. The van der Waals surface area contributed by atoms with E-state index in [1.54, 1.807) is 41.4 Å². The summed E-state index contributed by atoms with van der Waals surface area (Å²) in [6, 6.07) is 17.5. The Hall–Kier alpha value is -3.72. The van der Waals surface area contributed by atoms with Crippen molar-refractivity contribution in [2.75, 3.05) is 36.8 Å². The van der Waals surface area contributed by atoms with Gasteiger partial charge in [0, 0.05) is 32.4 Å². The number of carbonyl (C=O) groups is 1. The van der Waals surface area contributed by atoms with E-state index in [1.807, 2.05) is 36.1 Å². The number of halogens is 1. The molecule has 5 rings (SSSR count). The fourth-order valence-electron chi connectivity index (χ4n) is 4.18. The first kappa shape index (κ1) is 23.0. The molecular weight excluding hydrogens is 465 g/mol. The van der Waals surface area contributed by atoms with E-state index in [9.17, 15) is 14.0 Å². The van der Waals surface area contributed by atoms with Gasteiger partial charge in [0.2, 0.25) is 5.91 Å². The molecule has 0 unspecified atom stereocenters. The largest absolute Gasteiger partial charge is 0.366 e. The fraction of sp³-hybridized carbons (Fsp3) is 0.231. The maximum absolute atomic E-state index is 14.1. The number of pyridine rings is 1. The average Bonchev–Trinajstić information content (AvgIpc) is 2.88. The number of hydrogen-bond acceptors (Lipinski definition) is 6. The van der Waals surface area contributed by atoms with Crippen LogP contribution in [0.5, 0.6) is 0 Å². The summed E-state index contributed by atoms with van der Waals surface area (Å²) in [7, 11) is 0. The molecule has 35 heavy (non-hydrogen) atoms. The van der Waals surface area contributed by atoms with Gasteiger partial charge in [-0.3, -0.25) is 9.59 Å². The van der Waals surface area contributed by atoms with Gasteiger partial charge >= 0.3 is 0 Å². The molecule has 2 aromatic carbocycles. The van der Waals surface area contributed by atoms with Gasteiger partial charge in [-0.2, -0.15) is 0 Å². The number of rotatable bonds is 5. The minimum Gasteiger partial charge on any atom is -0.366 e. The van der Waals surface area contributed by atoms with Crippen LogP contribution in [0.1, 0.15) is 5.56 Å². The monoisotopic (exact) mass is 489 g/mol. The normalized spacial score (nSPS) is 13.9. The number of carbonyl (C=O) groups excluding carboxylic acids is 1. The van der Waals surface area contributed by atoms with E-state index in [1.165, 1.54) is 22.4 Å². The number of fused-ring (bicyclic) bond motifs is 1. The highest BCUT2D eigenvalue weighted by atomic mass is 32.2. The van der Waals surface area contributed by atoms with Crippen LogP contribution < -0.4 is 10.5 Å². The van der Waals surface area contributed by atoms with E-state index in [0.717, 1.165) is 5.56 Å². The lowest BCUT2D eigenvalue weighted by molar-refractivity contribution is -0.128. The second kappa shape index (κ2) is 9.87. The van der Waals surface area contributed by atoms with Gasteiger partial charge < -0.3 is 9.80 Å². The summed E-state index contributed by atoms with van der Waals surface area (Å²) in [5, 5.41) is 0.917. The number of nitrogens with zero attached hydrogens (tertiary/aromatic N) is 5. The molecular formula is C26H24FN5O2S. The fourth-order valence-corrected chi connectivity index (χ4v) is 5.08. The predicted octanol–water partition coefficient (Wildman–Crippen LogP) is 3.67. The van der Waals surface area contributed by atoms with Crippen molar-refractivity contribution in [3.8, 4) is 5.82 Å². The molecule has 1 saturated heterocycles. The highest BCUT2D eigenvalue weighted by Crippen LogP contribution is 2.23. The Labute approximate surface area is 206 Å². The predicted molar refractivity (Wildman–Crippen MR) is 136 cm³/mol. The highest BCUT2D eigenvalue weighted by Gasteiger charge is 2.24. The van der Waals surface area contributed by atoms with Crippen molar-refractivity contribution in [1.29, 1.82) is 0 Å². The molecule has 1 fully saturated rings. The molecule has 0 atom stereocenters. The second-order valence-electron chi connectivity index (χ2n) is 8.35. The van der Waals surface area contributed by atoms with Gasteiger partial charge in [0.1, 0.15) is 11.6 Å². The van der Waals surface area contributed by atoms with Crippen LogP contribution in [0.4, 0.5) is 10.1 Å². The zero-order valence-electron chi connectivity index (χ0n) is 19.2. The van der Waals surface area contributed by atoms with Crippen LogP contribution in [0.25, 0.3) is 16.7 Å². The highest BCUT2D eigenvalue weighted by molar-refractivity contribution is 7.99. The Morgan fingerprint density at radius 1 is 1.03 bits per heavy atom. The molecule has 178 valence electrons. The number of aromatic nitrogens is 3. The Bertz CT molecular complexity index is 1450. The summed E-state index contributed by atoms with van der Waals surface area (Å²) in [6.07, 6.45) is 1.65. The van der Waals surface area contributed by atoms with Crippen molar-refractivity contribution < 1.29 is 9.18 Å². The third-order valence-corrected chi connectivity index (χ3v) is 6.95. The van der Waals surface area contributed by atoms with E-state index >= 15 is 0 Å². The van der Waals surface area contributed by atoms with E-state index in [-0.39, 0.29) is 23.0 Å². The number of amides is 1. The third kappa shape index (κ3) is 4.77. The van der Waals surface area contributed by atoms with E-state index < -0.39 is 0 Å². The van der Waals surface area contributed by atoms with E-state index in [4.69, 9.17) is 0 Å². The number of para-hydroxylation sites is 2. The second-order valence-corrected chi connectivity index (χ2v) is 9.29. The summed E-state index contributed by atoms with van der Waals surface area (Å²) in [6.45, 7) is 4.06. The quantitative estimate of drug-likeness (QED) is 0.315. The number of hydrogen-bond donors (Lipinski definition) is 0. The van der Waals surface area contributed by atoms with Crippen LogP contribution in [-0.4, -0.2) is 57.3 Å². The van der Waals surface area contributed by atoms with Gasteiger partial charge in [0.25, 0.3) is 5.56 Å². The van der Waals surface area contributed by atoms with Crippen molar-refractivity contribution in [3.05, 3.63) is 88.6 Å². The SMILES string of the molecule is Cc1ccnc(-n2c(SCC(=O)N3CCN(c4ccccc4F)CC3)nc3ccccc3c2=O)c1. The van der Waals surface area contributed by atoms with Gasteiger partial charge in [-0.15, -0.1) is 0 Å². The van der Waals surface area contributed by atoms with Crippen LogP contribution in [-0.2, 0) is 4.79 Å². The molecule has 0 N–H and O–H groups in total. The molecule has 1 amide bonds. The smallest absolute Gasteiger partial charge is 0.267 e. The van der Waals surface area contributed by atoms with Gasteiger partial charge in [-0.25, -0.2) is 18.9 Å². The lowest BCUT2D eigenvalue weighted by Crippen LogP contribution is -2.49. The zero-order chi connectivity index (χ0) is 24.4.